The zero-order valence-corrected chi connectivity index (χ0v) is 11.8. The molecule has 1 saturated heterocycles. The number of benzene rings is 1. The minimum atomic E-state index is 0.829. The average Bonchev–Trinajstić information content (AvgIpc) is 2.84. The minimum Gasteiger partial charge on any atom is -0.492 e. The molecule has 3 heteroatoms. The summed E-state index contributed by atoms with van der Waals surface area (Å²) in [6, 6.07) is 8.04. The van der Waals surface area contributed by atoms with Crippen LogP contribution in [-0.4, -0.2) is 26.2 Å². The molecular formula is C14H21BrNO+. The number of ether oxygens (including phenoxy) is 1. The van der Waals surface area contributed by atoms with Gasteiger partial charge in [-0.1, -0.05) is 12.1 Å². The summed E-state index contributed by atoms with van der Waals surface area (Å²) < 4.78 is 6.79. The predicted octanol–water partition coefficient (Wildman–Crippen LogP) is 2.29. The van der Waals surface area contributed by atoms with E-state index in [0.29, 0.717) is 0 Å². The van der Waals surface area contributed by atoms with Crippen molar-refractivity contribution in [2.75, 3.05) is 26.2 Å². The Kier molecular flexibility index (Phi) is 5.33. The normalized spacial score (nSPS) is 16.3. The molecule has 1 N–H and O–H groups in total. The van der Waals surface area contributed by atoms with Crippen LogP contribution in [0.5, 0.6) is 5.75 Å². The number of unbranched alkanes of at least 4 members (excludes halogenated alkanes) is 1. The van der Waals surface area contributed by atoms with E-state index in [2.05, 4.69) is 15.9 Å². The molecule has 1 aliphatic heterocycles. The summed E-state index contributed by atoms with van der Waals surface area (Å²) in [7, 11) is 0. The molecule has 1 aromatic carbocycles. The van der Waals surface area contributed by atoms with Gasteiger partial charge >= 0.3 is 0 Å². The van der Waals surface area contributed by atoms with E-state index in [9.17, 15) is 0 Å². The maximum atomic E-state index is 5.75. The van der Waals surface area contributed by atoms with Crippen LogP contribution in [0.2, 0.25) is 0 Å². The molecule has 94 valence electrons. The van der Waals surface area contributed by atoms with Gasteiger partial charge in [-0.15, -0.1) is 0 Å². The Bertz CT molecular complexity index is 337. The zero-order valence-electron chi connectivity index (χ0n) is 10.3. The molecule has 0 saturated carbocycles. The van der Waals surface area contributed by atoms with Gasteiger partial charge in [0.05, 0.1) is 30.7 Å². The molecule has 0 aliphatic carbocycles. The first-order valence-corrected chi connectivity index (χ1v) is 7.36. The van der Waals surface area contributed by atoms with Crippen molar-refractivity contribution in [1.29, 1.82) is 0 Å². The average molecular weight is 299 g/mol. The summed E-state index contributed by atoms with van der Waals surface area (Å²) in [5, 5.41) is 0. The van der Waals surface area contributed by atoms with Gasteiger partial charge in [-0.2, -0.15) is 0 Å². The molecule has 0 bridgehead atoms. The molecule has 1 heterocycles. The van der Waals surface area contributed by atoms with Crippen molar-refractivity contribution in [3.8, 4) is 5.75 Å². The summed E-state index contributed by atoms with van der Waals surface area (Å²) in [4.78, 5) is 1.78. The van der Waals surface area contributed by atoms with E-state index < -0.39 is 0 Å². The first kappa shape index (κ1) is 12.9. The smallest absolute Gasteiger partial charge is 0.133 e. The summed E-state index contributed by atoms with van der Waals surface area (Å²) in [6.07, 6.45) is 5.27. The lowest BCUT2D eigenvalue weighted by molar-refractivity contribution is -0.887. The van der Waals surface area contributed by atoms with Crippen molar-refractivity contribution in [3.63, 3.8) is 0 Å². The van der Waals surface area contributed by atoms with E-state index >= 15 is 0 Å². The molecule has 0 amide bonds. The number of hydrogen-bond donors (Lipinski definition) is 1. The van der Waals surface area contributed by atoms with Gasteiger partial charge in [-0.25, -0.2) is 0 Å². The Morgan fingerprint density at radius 1 is 1.12 bits per heavy atom. The number of hydrogen-bond acceptors (Lipinski definition) is 1. The van der Waals surface area contributed by atoms with E-state index in [1.165, 1.54) is 38.9 Å². The Morgan fingerprint density at radius 2 is 1.88 bits per heavy atom. The monoisotopic (exact) mass is 298 g/mol. The van der Waals surface area contributed by atoms with Crippen molar-refractivity contribution in [1.82, 2.24) is 0 Å². The van der Waals surface area contributed by atoms with Crippen molar-refractivity contribution < 1.29 is 9.64 Å². The predicted molar refractivity (Wildman–Crippen MR) is 73.7 cm³/mol. The fourth-order valence-corrected chi connectivity index (χ4v) is 2.75. The number of quaternary nitrogens is 1. The summed E-state index contributed by atoms with van der Waals surface area (Å²) in [6.45, 7) is 4.91. The lowest BCUT2D eigenvalue weighted by atomic mass is 10.3. The fraction of sp³-hybridized carbons (Fsp3) is 0.571. The van der Waals surface area contributed by atoms with Crippen LogP contribution in [-0.2, 0) is 0 Å². The highest BCUT2D eigenvalue weighted by molar-refractivity contribution is 9.10. The van der Waals surface area contributed by atoms with Crippen LogP contribution in [0.3, 0.4) is 0 Å². The van der Waals surface area contributed by atoms with Gasteiger partial charge in [0.2, 0.25) is 0 Å². The third-order valence-electron chi connectivity index (χ3n) is 3.33. The van der Waals surface area contributed by atoms with Crippen molar-refractivity contribution in [3.05, 3.63) is 28.7 Å². The molecule has 17 heavy (non-hydrogen) atoms. The molecule has 0 atom stereocenters. The molecule has 0 aromatic heterocycles. The van der Waals surface area contributed by atoms with Crippen LogP contribution in [0, 0.1) is 0 Å². The standard InChI is InChI=1S/C14H20BrNO/c15-13-7-1-2-8-14(13)17-12-6-5-11-16-9-3-4-10-16/h1-2,7-8H,3-6,9-12H2/p+1. The summed E-state index contributed by atoms with van der Waals surface area (Å²) >= 11 is 3.49. The van der Waals surface area contributed by atoms with E-state index in [4.69, 9.17) is 4.74 Å². The molecule has 1 fully saturated rings. The van der Waals surface area contributed by atoms with E-state index in [-0.39, 0.29) is 0 Å². The molecule has 0 unspecified atom stereocenters. The largest absolute Gasteiger partial charge is 0.492 e. The third-order valence-corrected chi connectivity index (χ3v) is 3.98. The number of halogens is 1. The van der Waals surface area contributed by atoms with E-state index in [1.54, 1.807) is 4.90 Å². The Labute approximate surface area is 112 Å². The lowest BCUT2D eigenvalue weighted by Crippen LogP contribution is -3.09. The number of nitrogens with one attached hydrogen (secondary N) is 1. The zero-order chi connectivity index (χ0) is 11.9. The SMILES string of the molecule is Brc1ccccc1OCCCC[NH+]1CCCC1. The second-order valence-electron chi connectivity index (χ2n) is 4.69. The second-order valence-corrected chi connectivity index (χ2v) is 5.55. The summed E-state index contributed by atoms with van der Waals surface area (Å²) in [5.41, 5.74) is 0. The van der Waals surface area contributed by atoms with Gasteiger partial charge in [-0.05, 0) is 40.9 Å². The molecule has 1 aliphatic rings. The van der Waals surface area contributed by atoms with Gasteiger partial charge in [0, 0.05) is 12.8 Å². The Hall–Kier alpha value is -0.540. The van der Waals surface area contributed by atoms with E-state index in [0.717, 1.165) is 23.2 Å². The van der Waals surface area contributed by atoms with Crippen molar-refractivity contribution in [2.24, 2.45) is 0 Å². The van der Waals surface area contributed by atoms with Crippen LogP contribution < -0.4 is 9.64 Å². The van der Waals surface area contributed by atoms with Gasteiger partial charge in [-0.3, -0.25) is 0 Å². The highest BCUT2D eigenvalue weighted by Gasteiger charge is 2.13. The lowest BCUT2D eigenvalue weighted by Gasteiger charge is -2.12. The highest BCUT2D eigenvalue weighted by atomic mass is 79.9. The molecule has 2 nitrogen and oxygen atoms in total. The highest BCUT2D eigenvalue weighted by Crippen LogP contribution is 2.23. The molecule has 0 radical (unpaired) electrons. The first-order chi connectivity index (χ1) is 8.36. The van der Waals surface area contributed by atoms with Crippen LogP contribution >= 0.6 is 15.9 Å². The summed E-state index contributed by atoms with van der Waals surface area (Å²) in [5.74, 6) is 0.959. The van der Waals surface area contributed by atoms with Crippen LogP contribution in [0.25, 0.3) is 0 Å². The maximum Gasteiger partial charge on any atom is 0.133 e. The number of rotatable bonds is 6. The van der Waals surface area contributed by atoms with E-state index in [1.807, 2.05) is 24.3 Å². The quantitative estimate of drug-likeness (QED) is 0.796. The van der Waals surface area contributed by atoms with Gasteiger partial charge in [0.25, 0.3) is 0 Å². The van der Waals surface area contributed by atoms with Crippen LogP contribution in [0.1, 0.15) is 25.7 Å². The first-order valence-electron chi connectivity index (χ1n) is 6.57. The van der Waals surface area contributed by atoms with Crippen LogP contribution in [0.15, 0.2) is 28.7 Å². The third kappa shape index (κ3) is 4.32. The molecule has 2 rings (SSSR count). The topological polar surface area (TPSA) is 13.7 Å². The molecular weight excluding hydrogens is 278 g/mol. The maximum absolute atomic E-state index is 5.75. The van der Waals surface area contributed by atoms with Crippen LogP contribution in [0.4, 0.5) is 0 Å². The van der Waals surface area contributed by atoms with Gasteiger partial charge < -0.3 is 9.64 Å². The second kappa shape index (κ2) is 7.02. The van der Waals surface area contributed by atoms with Crippen molar-refractivity contribution in [2.45, 2.75) is 25.7 Å². The fourth-order valence-electron chi connectivity index (χ4n) is 2.35. The number of likely N-dealkylation sites (tertiary alicyclic amines) is 1. The van der Waals surface area contributed by atoms with Crippen molar-refractivity contribution >= 4 is 15.9 Å². The molecule has 1 aromatic rings. The molecule has 0 spiro atoms. The Morgan fingerprint density at radius 3 is 2.65 bits per heavy atom. The van der Waals surface area contributed by atoms with Gasteiger partial charge in [0.1, 0.15) is 5.75 Å². The minimum absolute atomic E-state index is 0.829. The van der Waals surface area contributed by atoms with Gasteiger partial charge in [0.15, 0.2) is 0 Å². The number of para-hydroxylation sites is 1. The Balaban J connectivity index is 1.58.